The van der Waals surface area contributed by atoms with Crippen molar-refractivity contribution in [3.63, 3.8) is 0 Å². The Morgan fingerprint density at radius 1 is 1.09 bits per heavy atom. The molecule has 3 amide bonds. The minimum absolute atomic E-state index is 0.0239. The minimum atomic E-state index is -1.38. The van der Waals surface area contributed by atoms with Crippen LogP contribution in [0.15, 0.2) is 48.7 Å². The van der Waals surface area contributed by atoms with Gasteiger partial charge in [0, 0.05) is 30.4 Å². The number of fused-ring (bicyclic) bond motifs is 6. The third kappa shape index (κ3) is 6.28. The molecule has 6 rings (SSSR count). The summed E-state index contributed by atoms with van der Waals surface area (Å²) >= 11 is 6.15. The van der Waals surface area contributed by atoms with Crippen LogP contribution in [0.2, 0.25) is 5.02 Å². The first-order valence-electron chi connectivity index (χ1n) is 15.4. The van der Waals surface area contributed by atoms with Crippen molar-refractivity contribution in [2.45, 2.75) is 62.9 Å². The van der Waals surface area contributed by atoms with Gasteiger partial charge in [0.25, 0.3) is 0 Å². The number of rotatable bonds is 3. The highest BCUT2D eigenvalue weighted by Crippen LogP contribution is 2.46. The molecule has 3 aliphatic heterocycles. The number of hydrogen-bond acceptors (Lipinski definition) is 7. The molecule has 2 atom stereocenters. The maximum absolute atomic E-state index is 15.5. The van der Waals surface area contributed by atoms with Gasteiger partial charge in [-0.05, 0) is 67.1 Å². The predicted octanol–water partition coefficient (Wildman–Crippen LogP) is 6.32. The van der Waals surface area contributed by atoms with Crippen LogP contribution < -0.4 is 10.6 Å². The van der Waals surface area contributed by atoms with E-state index in [1.165, 1.54) is 13.2 Å². The number of nitrogens with zero attached hydrogens (tertiary/aromatic N) is 2. The third-order valence-corrected chi connectivity index (χ3v) is 9.21. The van der Waals surface area contributed by atoms with E-state index in [1.807, 2.05) is 18.2 Å². The van der Waals surface area contributed by atoms with Gasteiger partial charge in [-0.2, -0.15) is 0 Å². The number of likely N-dealkylation sites (tertiary alicyclic amines) is 1. The largest absolute Gasteiger partial charge is 0.469 e. The fourth-order valence-corrected chi connectivity index (χ4v) is 6.86. The van der Waals surface area contributed by atoms with Crippen molar-refractivity contribution in [3.8, 4) is 11.1 Å². The monoisotopic (exact) mass is 648 g/mol. The molecule has 0 unspecified atom stereocenters. The van der Waals surface area contributed by atoms with Gasteiger partial charge in [-0.15, -0.1) is 0 Å². The summed E-state index contributed by atoms with van der Waals surface area (Å²) in [5, 5.41) is 5.47. The number of hydrogen-bond donors (Lipinski definition) is 2. The van der Waals surface area contributed by atoms with Gasteiger partial charge >= 0.3 is 12.1 Å². The molecule has 1 saturated heterocycles. The average molecular weight is 649 g/mol. The molecule has 46 heavy (non-hydrogen) atoms. The van der Waals surface area contributed by atoms with Crippen molar-refractivity contribution in [2.24, 2.45) is 0 Å². The Labute approximate surface area is 270 Å². The van der Waals surface area contributed by atoms with E-state index >= 15 is 4.39 Å². The SMILES string of the molecule is COC(=O)Cc1ccc2c(c1)NC(=O)CCCCC[C@@H](C(=O)N1CCC[C@@]3(C1)OC(=O)Nc1ccc(Cl)c(F)c13)c1cc-2ccn1. The number of nitrogens with one attached hydrogen (secondary N) is 2. The first-order valence-corrected chi connectivity index (χ1v) is 15.8. The lowest BCUT2D eigenvalue weighted by molar-refractivity contribution is -0.141. The van der Waals surface area contributed by atoms with Crippen LogP contribution >= 0.6 is 11.6 Å². The number of methoxy groups -OCH3 is 1. The number of amides is 3. The van der Waals surface area contributed by atoms with Gasteiger partial charge < -0.3 is 19.7 Å². The number of benzene rings is 2. The van der Waals surface area contributed by atoms with Gasteiger partial charge in [-0.25, -0.2) is 9.18 Å². The summed E-state index contributed by atoms with van der Waals surface area (Å²) in [5.41, 5.74) is 2.31. The Bertz CT molecular complexity index is 1720. The second kappa shape index (κ2) is 13.1. The Hall–Kier alpha value is -4.51. The molecule has 2 bridgehead atoms. The van der Waals surface area contributed by atoms with Crippen LogP contribution in [0.1, 0.15) is 67.7 Å². The minimum Gasteiger partial charge on any atom is -0.469 e. The molecule has 10 nitrogen and oxygen atoms in total. The standard InChI is InChI=1S/C34H34ClFN4O6/c1-45-29(42)17-20-8-9-22-21-12-14-37-26(18-21)23(6-3-2-4-7-28(41)38-27(22)16-20)32(43)40-15-5-13-34(19-40)30-25(39-33(44)46-34)11-10-24(35)31(30)36/h8-12,14,16,18,23H,2-7,13,15,17,19H2,1H3,(H,38,41)(H,39,44)/t23-,34+/m1/s1. The summed E-state index contributed by atoms with van der Waals surface area (Å²) in [4.78, 5) is 58.1. The van der Waals surface area contributed by atoms with Crippen LogP contribution in [0.4, 0.5) is 20.6 Å². The van der Waals surface area contributed by atoms with E-state index in [2.05, 4.69) is 15.6 Å². The highest BCUT2D eigenvalue weighted by molar-refractivity contribution is 6.31. The molecule has 3 aromatic rings. The number of pyridine rings is 1. The summed E-state index contributed by atoms with van der Waals surface area (Å²) in [6, 6.07) is 12.0. The number of halogens is 2. The number of ether oxygens (including phenoxy) is 2. The molecule has 3 aliphatic rings. The van der Waals surface area contributed by atoms with Gasteiger partial charge in [-0.3, -0.25) is 24.7 Å². The number of esters is 1. The van der Waals surface area contributed by atoms with Crippen LogP contribution in [0.25, 0.3) is 11.1 Å². The lowest BCUT2D eigenvalue weighted by atomic mass is 9.82. The number of carbonyl (C=O) groups is 4. The topological polar surface area (TPSA) is 127 Å². The van der Waals surface area contributed by atoms with Gasteiger partial charge in [-0.1, -0.05) is 36.6 Å². The second-order valence-electron chi connectivity index (χ2n) is 12.0. The molecule has 4 heterocycles. The van der Waals surface area contributed by atoms with E-state index < -0.39 is 29.4 Å². The van der Waals surface area contributed by atoms with Crippen molar-refractivity contribution in [3.05, 3.63) is 76.3 Å². The van der Waals surface area contributed by atoms with Gasteiger partial charge in [0.05, 0.1) is 48.0 Å². The summed E-state index contributed by atoms with van der Waals surface area (Å²) < 4.78 is 26.1. The molecular weight excluding hydrogens is 615 g/mol. The summed E-state index contributed by atoms with van der Waals surface area (Å²) in [6.07, 6.45) is 4.62. The van der Waals surface area contributed by atoms with E-state index in [9.17, 15) is 19.2 Å². The van der Waals surface area contributed by atoms with Crippen LogP contribution in [0, 0.1) is 5.82 Å². The van der Waals surface area contributed by atoms with Crippen LogP contribution in [-0.2, 0) is 35.9 Å². The zero-order valence-corrected chi connectivity index (χ0v) is 26.1. The van der Waals surface area contributed by atoms with Gasteiger partial charge in [0.15, 0.2) is 11.4 Å². The zero-order valence-electron chi connectivity index (χ0n) is 25.4. The number of aromatic nitrogens is 1. The molecule has 0 aliphatic carbocycles. The van der Waals surface area contributed by atoms with E-state index in [-0.39, 0.29) is 41.1 Å². The lowest BCUT2D eigenvalue weighted by Crippen LogP contribution is -2.54. The summed E-state index contributed by atoms with van der Waals surface area (Å²) in [7, 11) is 1.33. The molecule has 1 fully saturated rings. The third-order valence-electron chi connectivity index (χ3n) is 8.92. The Balaban J connectivity index is 1.35. The van der Waals surface area contributed by atoms with Crippen LogP contribution in [0.3, 0.4) is 0 Å². The average Bonchev–Trinajstić information content (AvgIpc) is 3.04. The molecule has 0 radical (unpaired) electrons. The lowest BCUT2D eigenvalue weighted by Gasteiger charge is -2.45. The number of anilines is 2. The maximum Gasteiger partial charge on any atom is 0.412 e. The smallest absolute Gasteiger partial charge is 0.412 e. The van der Waals surface area contributed by atoms with Crippen molar-refractivity contribution >= 4 is 46.9 Å². The first kappa shape index (κ1) is 31.5. The predicted molar refractivity (Wildman–Crippen MR) is 169 cm³/mol. The zero-order chi connectivity index (χ0) is 32.4. The first-order chi connectivity index (χ1) is 22.2. The van der Waals surface area contributed by atoms with Crippen molar-refractivity contribution in [1.82, 2.24) is 9.88 Å². The van der Waals surface area contributed by atoms with Gasteiger partial charge in [0.2, 0.25) is 11.8 Å². The van der Waals surface area contributed by atoms with Gasteiger partial charge in [0.1, 0.15) is 0 Å². The number of carbonyl (C=O) groups excluding carboxylic acids is 4. The van der Waals surface area contributed by atoms with Crippen LogP contribution in [-0.4, -0.2) is 54.0 Å². The normalized spacial score (nSPS) is 21.3. The molecule has 240 valence electrons. The molecule has 1 spiro atoms. The molecule has 0 saturated carbocycles. The van der Waals surface area contributed by atoms with E-state index in [0.29, 0.717) is 62.0 Å². The van der Waals surface area contributed by atoms with Crippen molar-refractivity contribution < 1.29 is 33.0 Å². The molecule has 1 aromatic heterocycles. The highest BCUT2D eigenvalue weighted by Gasteiger charge is 2.49. The molecule has 12 heteroatoms. The van der Waals surface area contributed by atoms with Crippen LogP contribution in [0.5, 0.6) is 0 Å². The quantitative estimate of drug-likeness (QED) is 0.318. The molecule has 2 aromatic carbocycles. The second-order valence-corrected chi connectivity index (χ2v) is 12.4. The van der Waals surface area contributed by atoms with E-state index in [1.54, 1.807) is 29.3 Å². The Morgan fingerprint density at radius 2 is 1.93 bits per heavy atom. The maximum atomic E-state index is 15.5. The van der Waals surface area contributed by atoms with Crippen molar-refractivity contribution in [2.75, 3.05) is 30.8 Å². The van der Waals surface area contributed by atoms with E-state index in [0.717, 1.165) is 17.5 Å². The highest BCUT2D eigenvalue weighted by atomic mass is 35.5. The van der Waals surface area contributed by atoms with Crippen molar-refractivity contribution in [1.29, 1.82) is 0 Å². The molecular formula is C34H34ClFN4O6. The fourth-order valence-electron chi connectivity index (χ4n) is 6.71. The van der Waals surface area contributed by atoms with E-state index in [4.69, 9.17) is 21.1 Å². The summed E-state index contributed by atoms with van der Waals surface area (Å²) in [6.45, 7) is 0.382. The summed E-state index contributed by atoms with van der Waals surface area (Å²) in [5.74, 6) is -2.03. The molecule has 2 N–H and O–H groups in total. The Morgan fingerprint density at radius 3 is 2.76 bits per heavy atom. The Kier molecular flexibility index (Phi) is 8.95. The fraction of sp³-hybridized carbons (Fsp3) is 0.382. The number of piperidine rings is 1.